The lowest BCUT2D eigenvalue weighted by molar-refractivity contribution is -0.274. The van der Waals surface area contributed by atoms with Gasteiger partial charge in [0.25, 0.3) is 0 Å². The van der Waals surface area contributed by atoms with E-state index < -0.39 is 6.36 Å². The molecule has 10 heteroatoms. The van der Waals surface area contributed by atoms with Crippen LogP contribution in [0.2, 0.25) is 0 Å². The molecule has 0 saturated carbocycles. The van der Waals surface area contributed by atoms with Gasteiger partial charge in [-0.05, 0) is 41.5 Å². The van der Waals surface area contributed by atoms with Crippen molar-refractivity contribution in [1.29, 1.82) is 0 Å². The molecule has 2 aromatic carbocycles. The average molecular weight is 517 g/mol. The number of aliphatic imine (C=N–C) groups is 1. The number of nitrogens with two attached hydrogens (primary N) is 1. The molecule has 154 valence electrons. The fourth-order valence-corrected chi connectivity index (χ4v) is 2.45. The molecule has 1 aromatic heterocycles. The molecule has 0 bridgehead atoms. The smallest absolute Gasteiger partial charge is 0.406 e. The molecule has 0 aliphatic rings. The van der Waals surface area contributed by atoms with Crippen LogP contribution in [0.15, 0.2) is 72.0 Å². The lowest BCUT2D eigenvalue weighted by atomic mass is 10.2. The van der Waals surface area contributed by atoms with Gasteiger partial charge in [-0.15, -0.1) is 37.1 Å². The van der Waals surface area contributed by atoms with Gasteiger partial charge in [0.1, 0.15) is 5.75 Å². The molecule has 6 nitrogen and oxygen atoms in total. The van der Waals surface area contributed by atoms with E-state index in [0.717, 1.165) is 16.8 Å². The monoisotopic (exact) mass is 517 g/mol. The van der Waals surface area contributed by atoms with E-state index in [-0.39, 0.29) is 35.7 Å². The molecule has 0 aliphatic carbocycles. The Labute approximate surface area is 182 Å². The van der Waals surface area contributed by atoms with Crippen molar-refractivity contribution in [2.75, 3.05) is 0 Å². The summed E-state index contributed by atoms with van der Waals surface area (Å²) in [7, 11) is 0. The van der Waals surface area contributed by atoms with Gasteiger partial charge in [-0.3, -0.25) is 0 Å². The molecule has 29 heavy (non-hydrogen) atoms. The van der Waals surface area contributed by atoms with Gasteiger partial charge in [0.15, 0.2) is 5.96 Å². The van der Waals surface area contributed by atoms with Gasteiger partial charge in [0, 0.05) is 18.9 Å². The second kappa shape index (κ2) is 10.1. The molecular weight excluding hydrogens is 498 g/mol. The minimum absolute atomic E-state index is 0. The van der Waals surface area contributed by atoms with Crippen molar-refractivity contribution in [3.63, 3.8) is 0 Å². The first-order valence-corrected chi connectivity index (χ1v) is 8.36. The molecule has 0 radical (unpaired) electrons. The van der Waals surface area contributed by atoms with Crippen LogP contribution in [0, 0.1) is 0 Å². The fourth-order valence-electron chi connectivity index (χ4n) is 2.45. The summed E-state index contributed by atoms with van der Waals surface area (Å²) in [6, 6.07) is 15.1. The molecule has 0 saturated heterocycles. The standard InChI is InChI=1S/C19H18F3N5O.HI/c20-19(21,22)28-17-7-5-14(6-8-17)12-24-18(23)25-13-15-3-1-4-16(11-15)27-10-2-9-26-27;/h1-11H,12-13H2,(H3,23,24,25);1H. The highest BCUT2D eigenvalue weighted by molar-refractivity contribution is 14.0. The third kappa shape index (κ3) is 7.29. The molecule has 3 rings (SSSR count). The number of rotatable bonds is 6. The van der Waals surface area contributed by atoms with E-state index in [2.05, 4.69) is 20.1 Å². The van der Waals surface area contributed by atoms with E-state index in [1.807, 2.05) is 36.5 Å². The van der Waals surface area contributed by atoms with Crippen LogP contribution in [0.4, 0.5) is 13.2 Å². The number of halogens is 4. The molecule has 3 N–H and O–H groups in total. The van der Waals surface area contributed by atoms with Crippen molar-refractivity contribution >= 4 is 29.9 Å². The maximum Gasteiger partial charge on any atom is 0.573 e. The molecule has 3 aromatic rings. The molecular formula is C19H19F3IN5O. The summed E-state index contributed by atoms with van der Waals surface area (Å²) in [6.45, 7) is 0.710. The highest BCUT2D eigenvalue weighted by atomic mass is 127. The third-order valence-electron chi connectivity index (χ3n) is 3.74. The SMILES string of the molecule is I.NC(=NCc1cccc(-n2cccn2)c1)NCc1ccc(OC(F)(F)F)cc1. The number of nitrogens with one attached hydrogen (secondary N) is 1. The summed E-state index contributed by atoms with van der Waals surface area (Å²) < 4.78 is 42.0. The van der Waals surface area contributed by atoms with Crippen LogP contribution < -0.4 is 15.8 Å². The third-order valence-corrected chi connectivity index (χ3v) is 3.74. The van der Waals surface area contributed by atoms with Crippen molar-refractivity contribution in [2.24, 2.45) is 10.7 Å². The molecule has 0 amide bonds. The summed E-state index contributed by atoms with van der Waals surface area (Å²) in [5, 5.41) is 7.11. The van der Waals surface area contributed by atoms with Crippen molar-refractivity contribution in [3.8, 4) is 11.4 Å². The Bertz CT molecular complexity index is 928. The van der Waals surface area contributed by atoms with E-state index in [9.17, 15) is 13.2 Å². The first-order valence-electron chi connectivity index (χ1n) is 8.36. The zero-order valence-electron chi connectivity index (χ0n) is 15.1. The van der Waals surface area contributed by atoms with Crippen molar-refractivity contribution < 1.29 is 17.9 Å². The fraction of sp³-hybridized carbons (Fsp3) is 0.158. The van der Waals surface area contributed by atoms with Gasteiger partial charge in [0.2, 0.25) is 0 Å². The van der Waals surface area contributed by atoms with E-state index in [4.69, 9.17) is 5.73 Å². The molecule has 0 unspecified atom stereocenters. The van der Waals surface area contributed by atoms with Gasteiger partial charge >= 0.3 is 6.36 Å². The average Bonchev–Trinajstić information content (AvgIpc) is 3.20. The summed E-state index contributed by atoms with van der Waals surface area (Å²) in [5.74, 6) is -0.0323. The normalized spacial score (nSPS) is 11.6. The lowest BCUT2D eigenvalue weighted by Crippen LogP contribution is -2.31. The molecule has 0 spiro atoms. The Kier molecular flexibility index (Phi) is 7.88. The zero-order valence-corrected chi connectivity index (χ0v) is 17.5. The molecule has 0 fully saturated rings. The van der Waals surface area contributed by atoms with Crippen LogP contribution in [-0.4, -0.2) is 22.1 Å². The Morgan fingerprint density at radius 1 is 1.10 bits per heavy atom. The Morgan fingerprint density at radius 3 is 2.52 bits per heavy atom. The first kappa shape index (κ1) is 22.5. The number of alkyl halides is 3. The van der Waals surface area contributed by atoms with Crippen LogP contribution in [0.3, 0.4) is 0 Å². The van der Waals surface area contributed by atoms with Gasteiger partial charge in [0.05, 0.1) is 12.2 Å². The lowest BCUT2D eigenvalue weighted by Gasteiger charge is -2.10. The summed E-state index contributed by atoms with van der Waals surface area (Å²) in [5.41, 5.74) is 8.49. The second-order valence-electron chi connectivity index (χ2n) is 5.87. The highest BCUT2D eigenvalue weighted by Crippen LogP contribution is 2.22. The number of ether oxygens (including phenoxy) is 1. The predicted octanol–water partition coefficient (Wildman–Crippen LogP) is 3.99. The van der Waals surface area contributed by atoms with Crippen molar-refractivity contribution in [3.05, 3.63) is 78.1 Å². The van der Waals surface area contributed by atoms with Crippen LogP contribution in [-0.2, 0) is 13.1 Å². The van der Waals surface area contributed by atoms with Crippen LogP contribution in [0.5, 0.6) is 5.75 Å². The van der Waals surface area contributed by atoms with Crippen molar-refractivity contribution in [2.45, 2.75) is 19.5 Å². The number of hydrogen-bond donors (Lipinski definition) is 2. The molecule has 0 aliphatic heterocycles. The van der Waals surface area contributed by atoms with Gasteiger partial charge in [-0.2, -0.15) is 5.10 Å². The first-order chi connectivity index (χ1) is 13.4. The summed E-state index contributed by atoms with van der Waals surface area (Å²) in [6.07, 6.45) is -1.15. The van der Waals surface area contributed by atoms with Crippen LogP contribution in [0.25, 0.3) is 5.69 Å². The van der Waals surface area contributed by atoms with E-state index >= 15 is 0 Å². The number of guanidine groups is 1. The van der Waals surface area contributed by atoms with Gasteiger partial charge in [-0.25, -0.2) is 9.67 Å². The van der Waals surface area contributed by atoms with E-state index in [1.165, 1.54) is 24.3 Å². The number of nitrogens with zero attached hydrogens (tertiary/aromatic N) is 3. The second-order valence-corrected chi connectivity index (χ2v) is 5.87. The summed E-state index contributed by atoms with van der Waals surface area (Å²) >= 11 is 0. The Morgan fingerprint density at radius 2 is 1.86 bits per heavy atom. The minimum atomic E-state index is -4.70. The number of hydrogen-bond acceptors (Lipinski definition) is 3. The topological polar surface area (TPSA) is 77.5 Å². The quantitative estimate of drug-likeness (QED) is 0.295. The van der Waals surface area contributed by atoms with Crippen LogP contribution >= 0.6 is 24.0 Å². The van der Waals surface area contributed by atoms with E-state index in [0.29, 0.717) is 13.1 Å². The molecule has 0 atom stereocenters. The molecule has 1 heterocycles. The van der Waals surface area contributed by atoms with Crippen molar-refractivity contribution in [1.82, 2.24) is 15.1 Å². The Hall–Kier alpha value is -2.76. The predicted molar refractivity (Wildman–Crippen MR) is 114 cm³/mol. The number of benzene rings is 2. The Balaban J connectivity index is 0.00000300. The van der Waals surface area contributed by atoms with E-state index in [1.54, 1.807) is 10.9 Å². The summed E-state index contributed by atoms with van der Waals surface area (Å²) in [4.78, 5) is 4.28. The largest absolute Gasteiger partial charge is 0.573 e. The minimum Gasteiger partial charge on any atom is -0.406 e. The highest BCUT2D eigenvalue weighted by Gasteiger charge is 2.30. The van der Waals surface area contributed by atoms with Gasteiger partial charge in [-0.1, -0.05) is 24.3 Å². The maximum absolute atomic E-state index is 12.2. The van der Waals surface area contributed by atoms with Gasteiger partial charge < -0.3 is 15.8 Å². The number of aromatic nitrogens is 2. The maximum atomic E-state index is 12.2. The van der Waals surface area contributed by atoms with Crippen LogP contribution in [0.1, 0.15) is 11.1 Å². The zero-order chi connectivity index (χ0) is 20.0.